The highest BCUT2D eigenvalue weighted by Crippen LogP contribution is 2.53. The fraction of sp³-hybridized carbons (Fsp3) is 0.515. The number of hydrogen-bond donors (Lipinski definition) is 1. The lowest BCUT2D eigenvalue weighted by Crippen LogP contribution is -2.44. The normalized spacial score (nSPS) is 25.0. The fourth-order valence-corrected chi connectivity index (χ4v) is 7.18. The molecule has 2 aromatic carbocycles. The molecule has 0 radical (unpaired) electrons. The van der Waals surface area contributed by atoms with Crippen molar-refractivity contribution in [1.82, 2.24) is 19.7 Å². The third-order valence-electron chi connectivity index (χ3n) is 9.31. The molecule has 8 nitrogen and oxygen atoms in total. The molecule has 3 aromatic rings. The van der Waals surface area contributed by atoms with Crippen molar-refractivity contribution >= 4 is 11.6 Å². The van der Waals surface area contributed by atoms with Crippen LogP contribution < -0.4 is 10.1 Å². The predicted octanol–water partition coefficient (Wildman–Crippen LogP) is 5.58. The van der Waals surface area contributed by atoms with E-state index in [0.29, 0.717) is 36.2 Å². The van der Waals surface area contributed by atoms with E-state index in [1.165, 1.54) is 12.8 Å². The number of nitriles is 1. The molecular formula is C33H40N6O2. The lowest BCUT2D eigenvalue weighted by atomic mass is 9.57. The van der Waals surface area contributed by atoms with Gasteiger partial charge in [0.05, 0.1) is 23.7 Å². The molecule has 0 bridgehead atoms. The summed E-state index contributed by atoms with van der Waals surface area (Å²) in [6, 6.07) is 14.7. The van der Waals surface area contributed by atoms with E-state index in [2.05, 4.69) is 65.5 Å². The summed E-state index contributed by atoms with van der Waals surface area (Å²) < 4.78 is 8.11. The molecule has 1 saturated heterocycles. The van der Waals surface area contributed by atoms with Crippen LogP contribution in [0.25, 0.3) is 0 Å². The van der Waals surface area contributed by atoms with Crippen molar-refractivity contribution in [3.63, 3.8) is 0 Å². The second-order valence-electron chi connectivity index (χ2n) is 13.2. The number of benzene rings is 2. The Balaban J connectivity index is 1.29. The average molecular weight is 553 g/mol. The first-order valence-corrected chi connectivity index (χ1v) is 14.8. The molecule has 2 fully saturated rings. The summed E-state index contributed by atoms with van der Waals surface area (Å²) in [5, 5.41) is 21.0. The van der Waals surface area contributed by atoms with Gasteiger partial charge < -0.3 is 14.6 Å². The van der Waals surface area contributed by atoms with Gasteiger partial charge in [0.25, 0.3) is 5.91 Å². The van der Waals surface area contributed by atoms with Gasteiger partial charge in [-0.2, -0.15) is 5.26 Å². The maximum absolute atomic E-state index is 13.9. The molecule has 214 valence electrons. The van der Waals surface area contributed by atoms with Crippen LogP contribution in [-0.2, 0) is 24.4 Å². The molecular weight excluding hydrogens is 512 g/mol. The van der Waals surface area contributed by atoms with Crippen LogP contribution in [-0.4, -0.2) is 45.3 Å². The molecule has 3 heterocycles. The Morgan fingerprint density at radius 3 is 2.80 bits per heavy atom. The number of nitrogens with zero attached hydrogens (tertiary/aromatic N) is 5. The number of aryl methyl sites for hydroxylation is 1. The molecule has 6 rings (SSSR count). The van der Waals surface area contributed by atoms with Gasteiger partial charge in [0.2, 0.25) is 0 Å². The van der Waals surface area contributed by atoms with E-state index in [0.717, 1.165) is 60.7 Å². The number of ether oxygens (including phenoxy) is 1. The minimum absolute atomic E-state index is 0.151. The Labute approximate surface area is 242 Å². The van der Waals surface area contributed by atoms with E-state index in [9.17, 15) is 10.1 Å². The van der Waals surface area contributed by atoms with Crippen LogP contribution in [0.3, 0.4) is 0 Å². The summed E-state index contributed by atoms with van der Waals surface area (Å²) in [6.45, 7) is 10.3. The summed E-state index contributed by atoms with van der Waals surface area (Å²) in [6.07, 6.45) is 6.42. The van der Waals surface area contributed by atoms with Crippen LogP contribution >= 0.6 is 0 Å². The smallest absolute Gasteiger partial charge is 0.259 e. The zero-order valence-electron chi connectivity index (χ0n) is 24.6. The Bertz CT molecular complexity index is 1500. The van der Waals surface area contributed by atoms with Crippen LogP contribution in [0.5, 0.6) is 5.75 Å². The van der Waals surface area contributed by atoms with Crippen molar-refractivity contribution in [2.75, 3.05) is 25.0 Å². The SMILES string of the molecule is C[C@H]1CCCN(Cc2cc(C(=O)Nc3cccc(C4(c5nncn5C)CC(CC#N)C4)c3)c3c(c2)C(C)(C)CO3)C1. The van der Waals surface area contributed by atoms with E-state index in [4.69, 9.17) is 4.74 Å². The highest BCUT2D eigenvalue weighted by Gasteiger charge is 2.49. The fourth-order valence-electron chi connectivity index (χ4n) is 7.18. The molecule has 1 amide bonds. The number of rotatable bonds is 7. The molecule has 1 aliphatic carbocycles. The van der Waals surface area contributed by atoms with Gasteiger partial charge in [0.15, 0.2) is 0 Å². The standard InChI is InChI=1S/C33H40N6O2/c1-22-7-6-12-39(18-22)19-24-13-27(29-28(14-24)32(2,3)20-41-29)30(40)36-26-9-5-8-25(15-26)33(16-23(17-33)10-11-34)31-37-35-21-38(31)4/h5,8-9,13-15,21-23H,6-7,10,12,16-20H2,1-4H3,(H,36,40)/t22-,23?,33?/m0/s1. The summed E-state index contributed by atoms with van der Waals surface area (Å²) in [5.74, 6) is 2.46. The van der Waals surface area contributed by atoms with Crippen molar-refractivity contribution in [1.29, 1.82) is 5.26 Å². The topological polar surface area (TPSA) is 96.1 Å². The van der Waals surface area contributed by atoms with E-state index >= 15 is 0 Å². The van der Waals surface area contributed by atoms with Crippen molar-refractivity contribution < 1.29 is 9.53 Å². The minimum Gasteiger partial charge on any atom is -0.492 e. The average Bonchev–Trinajstić information content (AvgIpc) is 3.48. The van der Waals surface area contributed by atoms with Crippen molar-refractivity contribution in [3.05, 3.63) is 70.8 Å². The first-order chi connectivity index (χ1) is 19.7. The zero-order valence-corrected chi connectivity index (χ0v) is 24.6. The third kappa shape index (κ3) is 5.12. The van der Waals surface area contributed by atoms with E-state index < -0.39 is 0 Å². The zero-order chi connectivity index (χ0) is 28.8. The number of hydrogen-bond acceptors (Lipinski definition) is 6. The number of anilines is 1. The number of amides is 1. The lowest BCUT2D eigenvalue weighted by Gasteiger charge is -2.46. The van der Waals surface area contributed by atoms with Gasteiger partial charge >= 0.3 is 0 Å². The van der Waals surface area contributed by atoms with Crippen molar-refractivity contribution in [2.24, 2.45) is 18.9 Å². The molecule has 0 spiro atoms. The van der Waals surface area contributed by atoms with Crippen LogP contribution in [0, 0.1) is 23.2 Å². The predicted molar refractivity (Wildman–Crippen MR) is 158 cm³/mol. The molecule has 0 unspecified atom stereocenters. The molecule has 1 N–H and O–H groups in total. The van der Waals surface area contributed by atoms with Gasteiger partial charge in [-0.15, -0.1) is 10.2 Å². The second kappa shape index (κ2) is 10.6. The number of likely N-dealkylation sites (tertiary alicyclic amines) is 1. The second-order valence-corrected chi connectivity index (χ2v) is 13.2. The molecule has 41 heavy (non-hydrogen) atoms. The van der Waals surface area contributed by atoms with Gasteiger partial charge in [-0.25, -0.2) is 0 Å². The quantitative estimate of drug-likeness (QED) is 0.411. The Morgan fingerprint density at radius 2 is 2.07 bits per heavy atom. The number of aromatic nitrogens is 3. The summed E-state index contributed by atoms with van der Waals surface area (Å²) in [4.78, 5) is 16.4. The third-order valence-corrected chi connectivity index (χ3v) is 9.31. The first-order valence-electron chi connectivity index (χ1n) is 14.8. The van der Waals surface area contributed by atoms with E-state index in [-0.39, 0.29) is 16.7 Å². The molecule has 1 aromatic heterocycles. The van der Waals surface area contributed by atoms with Gasteiger partial charge in [0.1, 0.15) is 17.9 Å². The highest BCUT2D eigenvalue weighted by molar-refractivity contribution is 6.07. The van der Waals surface area contributed by atoms with Gasteiger partial charge in [-0.05, 0) is 73.4 Å². The summed E-state index contributed by atoms with van der Waals surface area (Å²) >= 11 is 0. The van der Waals surface area contributed by atoms with Crippen molar-refractivity contribution in [2.45, 2.75) is 70.3 Å². The maximum atomic E-state index is 13.9. The number of carbonyl (C=O) groups is 1. The molecule has 1 atom stereocenters. The van der Waals surface area contributed by atoms with Gasteiger partial charge in [0, 0.05) is 43.2 Å². The molecule has 1 saturated carbocycles. The number of carbonyl (C=O) groups excluding carboxylic acids is 1. The summed E-state index contributed by atoms with van der Waals surface area (Å²) in [5.41, 5.74) is 4.21. The monoisotopic (exact) mass is 552 g/mol. The summed E-state index contributed by atoms with van der Waals surface area (Å²) in [7, 11) is 1.96. The van der Waals surface area contributed by atoms with Crippen LogP contribution in [0.15, 0.2) is 42.7 Å². The lowest BCUT2D eigenvalue weighted by molar-refractivity contribution is 0.102. The number of nitrogens with one attached hydrogen (secondary N) is 1. The van der Waals surface area contributed by atoms with Crippen LogP contribution in [0.1, 0.15) is 85.7 Å². The number of fused-ring (bicyclic) bond motifs is 1. The largest absolute Gasteiger partial charge is 0.492 e. The first kappa shape index (κ1) is 27.5. The Hall–Kier alpha value is -3.70. The highest BCUT2D eigenvalue weighted by atomic mass is 16.5. The van der Waals surface area contributed by atoms with Crippen LogP contribution in [0.4, 0.5) is 5.69 Å². The minimum atomic E-state index is -0.326. The van der Waals surface area contributed by atoms with Crippen molar-refractivity contribution in [3.8, 4) is 11.8 Å². The van der Waals surface area contributed by atoms with Crippen LogP contribution in [0.2, 0.25) is 0 Å². The molecule has 8 heteroatoms. The Kier molecular flexibility index (Phi) is 7.11. The molecule has 3 aliphatic rings. The number of piperidine rings is 1. The van der Waals surface area contributed by atoms with E-state index in [1.54, 1.807) is 6.33 Å². The molecule has 2 aliphatic heterocycles. The van der Waals surface area contributed by atoms with Gasteiger partial charge in [-0.1, -0.05) is 39.0 Å². The maximum Gasteiger partial charge on any atom is 0.259 e. The van der Waals surface area contributed by atoms with E-state index in [1.807, 2.05) is 29.8 Å². The van der Waals surface area contributed by atoms with Gasteiger partial charge in [-0.3, -0.25) is 9.69 Å². The Morgan fingerprint density at radius 1 is 1.24 bits per heavy atom.